The molecular formula is C12H16N6O5. The van der Waals surface area contributed by atoms with E-state index >= 15 is 0 Å². The Hall–Kier alpha value is -2.17. The molecule has 2 aliphatic rings. The van der Waals surface area contributed by atoms with Crippen LogP contribution in [-0.4, -0.2) is 45.0 Å². The van der Waals surface area contributed by atoms with Crippen molar-refractivity contribution >= 4 is 5.82 Å². The van der Waals surface area contributed by atoms with Gasteiger partial charge in [-0.15, -0.1) is 0 Å². The Morgan fingerprint density at radius 2 is 2.26 bits per heavy atom. The van der Waals surface area contributed by atoms with Crippen LogP contribution in [0.3, 0.4) is 0 Å². The van der Waals surface area contributed by atoms with Crippen molar-refractivity contribution in [3.8, 4) is 0 Å². The van der Waals surface area contributed by atoms with Crippen LogP contribution in [0.25, 0.3) is 10.4 Å². The summed E-state index contributed by atoms with van der Waals surface area (Å²) in [6, 6.07) is 1.42. The summed E-state index contributed by atoms with van der Waals surface area (Å²) < 4.78 is 18.3. The first kappa shape index (κ1) is 15.7. The van der Waals surface area contributed by atoms with Gasteiger partial charge in [0.05, 0.1) is 6.61 Å². The first-order valence-electron chi connectivity index (χ1n) is 6.87. The number of azide groups is 1. The van der Waals surface area contributed by atoms with Crippen molar-refractivity contribution in [2.24, 2.45) is 5.11 Å². The fraction of sp³-hybridized carbons (Fsp3) is 0.667. The molecule has 11 heteroatoms. The van der Waals surface area contributed by atoms with Crippen LogP contribution in [0.2, 0.25) is 0 Å². The fourth-order valence-corrected chi connectivity index (χ4v) is 2.84. The van der Waals surface area contributed by atoms with Crippen LogP contribution in [-0.2, 0) is 14.2 Å². The molecule has 124 valence electrons. The maximum atomic E-state index is 12.1. The van der Waals surface area contributed by atoms with Gasteiger partial charge in [0, 0.05) is 11.1 Å². The highest BCUT2D eigenvalue weighted by molar-refractivity contribution is 5.23. The third-order valence-corrected chi connectivity index (χ3v) is 3.75. The molecule has 0 saturated carbocycles. The number of hydrogen-bond donors (Lipinski definition) is 2. The molecule has 2 saturated heterocycles. The van der Waals surface area contributed by atoms with E-state index in [1.165, 1.54) is 12.3 Å². The number of aliphatic hydroxyl groups excluding tert-OH is 1. The number of ether oxygens (including phenoxy) is 3. The molecule has 3 rings (SSSR count). The van der Waals surface area contributed by atoms with E-state index in [1.54, 1.807) is 13.8 Å². The smallest absolute Gasteiger partial charge is 0.351 e. The summed E-state index contributed by atoms with van der Waals surface area (Å²) in [6.45, 7) is 2.71. The van der Waals surface area contributed by atoms with E-state index in [-0.39, 0.29) is 5.82 Å². The van der Waals surface area contributed by atoms with Crippen LogP contribution in [0.15, 0.2) is 22.2 Å². The third kappa shape index (κ3) is 2.44. The predicted octanol–water partition coefficient (Wildman–Crippen LogP) is -0.127. The monoisotopic (exact) mass is 324 g/mol. The van der Waals surface area contributed by atoms with E-state index in [2.05, 4.69) is 15.0 Å². The van der Waals surface area contributed by atoms with E-state index in [4.69, 9.17) is 25.5 Å². The first-order valence-corrected chi connectivity index (χ1v) is 6.87. The summed E-state index contributed by atoms with van der Waals surface area (Å²) >= 11 is 0. The minimum atomic E-state index is -1.70. The second-order valence-corrected chi connectivity index (χ2v) is 5.76. The van der Waals surface area contributed by atoms with Crippen LogP contribution in [0.5, 0.6) is 0 Å². The number of nitrogens with zero attached hydrogens (tertiary/aromatic N) is 5. The van der Waals surface area contributed by atoms with Crippen LogP contribution in [0.4, 0.5) is 5.82 Å². The molecule has 0 aromatic carbocycles. The number of hydrogen-bond acceptors (Lipinski definition) is 8. The summed E-state index contributed by atoms with van der Waals surface area (Å²) in [5, 5.41) is 13.2. The fourth-order valence-electron chi connectivity index (χ4n) is 2.84. The van der Waals surface area contributed by atoms with Crippen molar-refractivity contribution in [3.63, 3.8) is 0 Å². The second-order valence-electron chi connectivity index (χ2n) is 5.76. The van der Waals surface area contributed by atoms with Gasteiger partial charge in [-0.3, -0.25) is 4.57 Å². The molecule has 11 nitrogen and oxygen atoms in total. The lowest BCUT2D eigenvalue weighted by molar-refractivity contribution is -0.225. The Balaban J connectivity index is 2.08. The average Bonchev–Trinajstić information content (AvgIpc) is 2.93. The largest absolute Gasteiger partial charge is 0.393 e. The van der Waals surface area contributed by atoms with Gasteiger partial charge in [0.1, 0.15) is 18.0 Å². The average molecular weight is 324 g/mol. The third-order valence-electron chi connectivity index (χ3n) is 3.75. The van der Waals surface area contributed by atoms with Crippen LogP contribution in [0, 0.1) is 0 Å². The van der Waals surface area contributed by atoms with Gasteiger partial charge in [-0.2, -0.15) is 4.98 Å². The van der Waals surface area contributed by atoms with Crippen molar-refractivity contribution in [2.75, 3.05) is 12.3 Å². The molecule has 1 aromatic heterocycles. The zero-order valence-corrected chi connectivity index (χ0v) is 12.5. The molecule has 0 spiro atoms. The Labute approximate surface area is 130 Å². The van der Waals surface area contributed by atoms with Crippen molar-refractivity contribution in [1.29, 1.82) is 0 Å². The van der Waals surface area contributed by atoms with Crippen LogP contribution < -0.4 is 11.4 Å². The number of aromatic nitrogens is 2. The Morgan fingerprint density at radius 3 is 2.87 bits per heavy atom. The van der Waals surface area contributed by atoms with Crippen molar-refractivity contribution in [3.05, 3.63) is 33.2 Å². The second kappa shape index (κ2) is 5.18. The van der Waals surface area contributed by atoms with Crippen molar-refractivity contribution < 1.29 is 19.3 Å². The Bertz CT molecular complexity index is 729. The van der Waals surface area contributed by atoms with Gasteiger partial charge in [0.15, 0.2) is 12.0 Å². The van der Waals surface area contributed by atoms with Crippen LogP contribution >= 0.6 is 0 Å². The highest BCUT2D eigenvalue weighted by Gasteiger charge is 2.63. The molecule has 0 aliphatic carbocycles. The number of nitrogens with two attached hydrogens (primary N) is 1. The first-order chi connectivity index (χ1) is 10.8. The summed E-state index contributed by atoms with van der Waals surface area (Å²) in [7, 11) is 0. The van der Waals surface area contributed by atoms with Crippen molar-refractivity contribution in [2.45, 2.75) is 43.8 Å². The highest BCUT2D eigenvalue weighted by Crippen LogP contribution is 2.48. The number of nitrogen functional groups attached to an aromatic ring is 1. The van der Waals surface area contributed by atoms with Gasteiger partial charge in [0.25, 0.3) is 0 Å². The van der Waals surface area contributed by atoms with Gasteiger partial charge in [-0.1, -0.05) is 5.11 Å². The molecule has 3 heterocycles. The molecule has 0 bridgehead atoms. The molecule has 3 N–H and O–H groups in total. The quantitative estimate of drug-likeness (QED) is 0.445. The topological polar surface area (TPSA) is 158 Å². The molecule has 0 amide bonds. The molecule has 1 aromatic rings. The van der Waals surface area contributed by atoms with Gasteiger partial charge < -0.3 is 25.1 Å². The molecule has 23 heavy (non-hydrogen) atoms. The Kier molecular flexibility index (Phi) is 3.54. The van der Waals surface area contributed by atoms with E-state index in [0.29, 0.717) is 0 Å². The normalized spacial score (nSPS) is 34.8. The summed E-state index contributed by atoms with van der Waals surface area (Å²) in [6.07, 6.45) is -1.25. The Morgan fingerprint density at radius 1 is 1.52 bits per heavy atom. The zero-order valence-electron chi connectivity index (χ0n) is 12.5. The summed E-state index contributed by atoms with van der Waals surface area (Å²) in [5.74, 6) is -0.929. The summed E-state index contributed by atoms with van der Waals surface area (Å²) in [4.78, 5) is 18.4. The minimum absolute atomic E-state index is 0.0631. The lowest BCUT2D eigenvalue weighted by Gasteiger charge is -2.29. The minimum Gasteiger partial charge on any atom is -0.393 e. The van der Waals surface area contributed by atoms with Crippen molar-refractivity contribution in [1.82, 2.24) is 9.55 Å². The molecule has 2 aliphatic heterocycles. The maximum Gasteiger partial charge on any atom is 0.351 e. The zero-order chi connectivity index (χ0) is 16.8. The SMILES string of the molecule is CC1(C)OC2C(n3ccc(N)nc3=O)OC(CO)(N=[N+]=[N-])C2O1. The van der Waals surface area contributed by atoms with Gasteiger partial charge in [0.2, 0.25) is 5.72 Å². The predicted molar refractivity (Wildman–Crippen MR) is 75.8 cm³/mol. The lowest BCUT2D eigenvalue weighted by atomic mass is 10.1. The van der Waals surface area contributed by atoms with E-state index in [0.717, 1.165) is 4.57 Å². The van der Waals surface area contributed by atoms with E-state index in [1.807, 2.05) is 0 Å². The number of rotatable bonds is 3. The van der Waals surface area contributed by atoms with Gasteiger partial charge in [-0.05, 0) is 25.4 Å². The number of anilines is 1. The molecule has 0 radical (unpaired) electrons. The van der Waals surface area contributed by atoms with Gasteiger partial charge >= 0.3 is 5.69 Å². The number of fused-ring (bicyclic) bond motifs is 1. The standard InChI is InChI=1S/C12H16N6O5/c1-11(2)21-7-8(22-11)12(5-19,16-17-14)23-9(7)18-4-3-6(13)15-10(18)20/h3-4,7-9,19H,5H2,1-2H3,(H2,13,15,20). The molecule has 2 fully saturated rings. The lowest BCUT2D eigenvalue weighted by Crippen LogP contribution is -2.44. The maximum absolute atomic E-state index is 12.1. The van der Waals surface area contributed by atoms with Crippen LogP contribution in [0.1, 0.15) is 20.1 Å². The van der Waals surface area contributed by atoms with E-state index < -0.39 is 42.2 Å². The highest BCUT2D eigenvalue weighted by atomic mass is 16.8. The molecule has 4 unspecified atom stereocenters. The molecule has 4 atom stereocenters. The van der Waals surface area contributed by atoms with E-state index in [9.17, 15) is 9.90 Å². The van der Waals surface area contributed by atoms with Gasteiger partial charge in [-0.25, -0.2) is 4.79 Å². The number of aliphatic hydroxyl groups is 1. The summed E-state index contributed by atoms with van der Waals surface area (Å²) in [5.41, 5.74) is 11.9. The molecular weight excluding hydrogens is 308 g/mol.